The second kappa shape index (κ2) is 9.60. The van der Waals surface area contributed by atoms with Gasteiger partial charge in [0.25, 0.3) is 5.91 Å². The largest absolute Gasteiger partial charge is 0.490 e. The Balaban J connectivity index is 2.54. The van der Waals surface area contributed by atoms with Crippen molar-refractivity contribution in [3.63, 3.8) is 0 Å². The number of halogens is 1. The highest BCUT2D eigenvalue weighted by Gasteiger charge is 2.14. The fourth-order valence-electron chi connectivity index (χ4n) is 1.70. The molecule has 0 aliphatic carbocycles. The van der Waals surface area contributed by atoms with Crippen LogP contribution in [-0.4, -0.2) is 45.4 Å². The van der Waals surface area contributed by atoms with Crippen LogP contribution < -0.4 is 15.4 Å². The van der Waals surface area contributed by atoms with E-state index in [4.69, 9.17) is 21.1 Å². The summed E-state index contributed by atoms with van der Waals surface area (Å²) >= 11 is 5.95. The van der Waals surface area contributed by atoms with Crippen LogP contribution in [0, 0.1) is 0 Å². The topological polar surface area (TPSA) is 59.6 Å². The standard InChI is InChI=1S/C15H23ClN2O3/c1-11(2)21-14-5-4-12(16)10-13(14)15(19)18-7-6-17-8-9-20-3/h4-5,10-11,17H,6-9H2,1-3H3,(H,18,19). The Morgan fingerprint density at radius 3 is 2.71 bits per heavy atom. The molecule has 0 fully saturated rings. The van der Waals surface area contributed by atoms with E-state index in [1.54, 1.807) is 25.3 Å². The molecule has 1 rings (SSSR count). The summed E-state index contributed by atoms with van der Waals surface area (Å²) in [5.41, 5.74) is 0.452. The first-order valence-corrected chi connectivity index (χ1v) is 7.36. The van der Waals surface area contributed by atoms with Crippen LogP contribution in [0.5, 0.6) is 5.75 Å². The second-order valence-corrected chi connectivity index (χ2v) is 5.24. The molecule has 0 saturated carbocycles. The number of amides is 1. The van der Waals surface area contributed by atoms with Crippen molar-refractivity contribution in [3.05, 3.63) is 28.8 Å². The van der Waals surface area contributed by atoms with Crippen LogP contribution >= 0.6 is 11.6 Å². The number of hydrogen-bond donors (Lipinski definition) is 2. The van der Waals surface area contributed by atoms with E-state index in [9.17, 15) is 4.79 Å². The lowest BCUT2D eigenvalue weighted by molar-refractivity contribution is 0.0948. The Kier molecular flexibility index (Phi) is 8.12. The minimum absolute atomic E-state index is 0.00608. The van der Waals surface area contributed by atoms with Crippen LogP contribution in [-0.2, 0) is 4.74 Å². The van der Waals surface area contributed by atoms with Gasteiger partial charge in [-0.15, -0.1) is 0 Å². The minimum atomic E-state index is -0.193. The van der Waals surface area contributed by atoms with Gasteiger partial charge in [0.1, 0.15) is 5.75 Å². The molecule has 21 heavy (non-hydrogen) atoms. The maximum atomic E-state index is 12.2. The lowest BCUT2D eigenvalue weighted by Gasteiger charge is -2.14. The summed E-state index contributed by atoms with van der Waals surface area (Å²) in [5.74, 6) is 0.348. The summed E-state index contributed by atoms with van der Waals surface area (Å²) < 4.78 is 10.6. The van der Waals surface area contributed by atoms with Crippen LogP contribution in [0.15, 0.2) is 18.2 Å². The summed E-state index contributed by atoms with van der Waals surface area (Å²) in [6, 6.07) is 5.05. The van der Waals surface area contributed by atoms with E-state index in [2.05, 4.69) is 10.6 Å². The number of carbonyl (C=O) groups excluding carboxylic acids is 1. The number of methoxy groups -OCH3 is 1. The van der Waals surface area contributed by atoms with Gasteiger partial charge in [0, 0.05) is 31.8 Å². The highest BCUT2D eigenvalue weighted by atomic mass is 35.5. The Morgan fingerprint density at radius 2 is 2.05 bits per heavy atom. The number of carbonyl (C=O) groups is 1. The molecular formula is C15H23ClN2O3. The van der Waals surface area contributed by atoms with E-state index in [1.165, 1.54) is 0 Å². The highest BCUT2D eigenvalue weighted by molar-refractivity contribution is 6.31. The third kappa shape index (κ3) is 6.80. The van der Waals surface area contributed by atoms with Crippen LogP contribution in [0.2, 0.25) is 5.02 Å². The fraction of sp³-hybridized carbons (Fsp3) is 0.533. The first kappa shape index (κ1) is 17.8. The smallest absolute Gasteiger partial charge is 0.255 e. The van der Waals surface area contributed by atoms with Crippen molar-refractivity contribution in [1.29, 1.82) is 0 Å². The molecule has 6 heteroatoms. The molecule has 0 saturated heterocycles. The van der Waals surface area contributed by atoms with Crippen LogP contribution in [0.4, 0.5) is 0 Å². The van der Waals surface area contributed by atoms with E-state index < -0.39 is 0 Å². The van der Waals surface area contributed by atoms with Crippen molar-refractivity contribution in [1.82, 2.24) is 10.6 Å². The monoisotopic (exact) mass is 314 g/mol. The summed E-state index contributed by atoms with van der Waals surface area (Å²) in [4.78, 5) is 12.2. The summed E-state index contributed by atoms with van der Waals surface area (Å²) in [5, 5.41) is 6.50. The van der Waals surface area contributed by atoms with E-state index >= 15 is 0 Å². The van der Waals surface area contributed by atoms with Gasteiger partial charge in [-0.3, -0.25) is 4.79 Å². The zero-order valence-corrected chi connectivity index (χ0v) is 13.5. The van der Waals surface area contributed by atoms with E-state index in [0.717, 1.165) is 6.54 Å². The maximum Gasteiger partial charge on any atom is 0.255 e. The molecule has 0 spiro atoms. The molecule has 0 unspecified atom stereocenters. The Bertz CT molecular complexity index is 453. The van der Waals surface area contributed by atoms with Gasteiger partial charge in [0.2, 0.25) is 0 Å². The van der Waals surface area contributed by atoms with Gasteiger partial charge >= 0.3 is 0 Å². The number of rotatable bonds is 9. The van der Waals surface area contributed by atoms with Gasteiger partial charge in [-0.25, -0.2) is 0 Å². The van der Waals surface area contributed by atoms with Crippen molar-refractivity contribution in [2.24, 2.45) is 0 Å². The Morgan fingerprint density at radius 1 is 1.29 bits per heavy atom. The molecule has 0 bridgehead atoms. The van der Waals surface area contributed by atoms with Crippen molar-refractivity contribution >= 4 is 17.5 Å². The first-order valence-electron chi connectivity index (χ1n) is 6.98. The minimum Gasteiger partial charge on any atom is -0.490 e. The highest BCUT2D eigenvalue weighted by Crippen LogP contribution is 2.23. The molecule has 5 nitrogen and oxygen atoms in total. The average molecular weight is 315 g/mol. The average Bonchev–Trinajstić information content (AvgIpc) is 2.44. The molecule has 0 aliphatic rings. The second-order valence-electron chi connectivity index (χ2n) is 4.81. The van der Waals surface area contributed by atoms with Gasteiger partial charge in [0.05, 0.1) is 18.3 Å². The molecule has 1 aromatic carbocycles. The SMILES string of the molecule is COCCNCCNC(=O)c1cc(Cl)ccc1OC(C)C. The van der Waals surface area contributed by atoms with E-state index in [1.807, 2.05) is 13.8 Å². The predicted octanol–water partition coefficient (Wildman–Crippen LogP) is 2.09. The van der Waals surface area contributed by atoms with Crippen molar-refractivity contribution in [2.75, 3.05) is 33.4 Å². The fourth-order valence-corrected chi connectivity index (χ4v) is 1.87. The summed E-state index contributed by atoms with van der Waals surface area (Å²) in [6.07, 6.45) is -0.00608. The predicted molar refractivity (Wildman–Crippen MR) is 84.3 cm³/mol. The van der Waals surface area contributed by atoms with Crippen molar-refractivity contribution in [3.8, 4) is 5.75 Å². The summed E-state index contributed by atoms with van der Waals surface area (Å²) in [7, 11) is 1.65. The first-order chi connectivity index (χ1) is 10.0. The van der Waals surface area contributed by atoms with Crippen molar-refractivity contribution in [2.45, 2.75) is 20.0 Å². The van der Waals surface area contributed by atoms with Gasteiger partial charge in [0.15, 0.2) is 0 Å². The number of ether oxygens (including phenoxy) is 2. The number of benzene rings is 1. The Hall–Kier alpha value is -1.30. The number of nitrogens with one attached hydrogen (secondary N) is 2. The quantitative estimate of drug-likeness (QED) is 0.685. The lowest BCUT2D eigenvalue weighted by Crippen LogP contribution is -2.33. The zero-order valence-electron chi connectivity index (χ0n) is 12.7. The van der Waals surface area contributed by atoms with Gasteiger partial charge in [-0.1, -0.05) is 11.6 Å². The van der Waals surface area contributed by atoms with Crippen LogP contribution in [0.3, 0.4) is 0 Å². The van der Waals surface area contributed by atoms with E-state index in [0.29, 0.717) is 36.0 Å². The molecule has 0 aliphatic heterocycles. The molecule has 1 amide bonds. The maximum absolute atomic E-state index is 12.2. The molecule has 2 N–H and O–H groups in total. The van der Waals surface area contributed by atoms with Gasteiger partial charge in [-0.05, 0) is 32.0 Å². The molecular weight excluding hydrogens is 292 g/mol. The van der Waals surface area contributed by atoms with Gasteiger partial charge < -0.3 is 20.1 Å². The van der Waals surface area contributed by atoms with E-state index in [-0.39, 0.29) is 12.0 Å². The molecule has 1 aromatic rings. The lowest BCUT2D eigenvalue weighted by atomic mass is 10.2. The normalized spacial score (nSPS) is 10.7. The molecule has 0 atom stereocenters. The zero-order chi connectivity index (χ0) is 15.7. The molecule has 0 radical (unpaired) electrons. The number of hydrogen-bond acceptors (Lipinski definition) is 4. The molecule has 0 heterocycles. The molecule has 0 aromatic heterocycles. The Labute approximate surface area is 131 Å². The van der Waals surface area contributed by atoms with Gasteiger partial charge in [-0.2, -0.15) is 0 Å². The third-order valence-electron chi connectivity index (χ3n) is 2.62. The molecule has 118 valence electrons. The summed E-state index contributed by atoms with van der Waals surface area (Å²) in [6.45, 7) is 6.43. The third-order valence-corrected chi connectivity index (χ3v) is 2.85. The van der Waals surface area contributed by atoms with Crippen LogP contribution in [0.25, 0.3) is 0 Å². The van der Waals surface area contributed by atoms with Crippen molar-refractivity contribution < 1.29 is 14.3 Å². The van der Waals surface area contributed by atoms with Crippen LogP contribution in [0.1, 0.15) is 24.2 Å².